The van der Waals surface area contributed by atoms with Crippen LogP contribution < -0.4 is 20.7 Å². The smallest absolute Gasteiger partial charge is 0.407 e. The number of hydrogen-bond acceptors (Lipinski definition) is 8. The van der Waals surface area contributed by atoms with Crippen LogP contribution >= 0.6 is 0 Å². The van der Waals surface area contributed by atoms with Gasteiger partial charge in [-0.2, -0.15) is 0 Å². The predicted octanol–water partition coefficient (Wildman–Crippen LogP) is 8.54. The molecule has 0 atom stereocenters. The Morgan fingerprint density at radius 3 is 2.28 bits per heavy atom. The summed E-state index contributed by atoms with van der Waals surface area (Å²) in [5.41, 5.74) is 10.7. The first kappa shape index (κ1) is 40.3. The lowest BCUT2D eigenvalue weighted by atomic mass is 9.51. The van der Waals surface area contributed by atoms with Crippen molar-refractivity contribution in [1.82, 2.24) is 10.3 Å². The molecule has 53 heavy (non-hydrogen) atoms. The number of pyridine rings is 1. The summed E-state index contributed by atoms with van der Waals surface area (Å²) < 4.78 is 15.1. The minimum Gasteiger partial charge on any atom is -0.496 e. The third kappa shape index (κ3) is 10.4. The fourth-order valence-electron chi connectivity index (χ4n) is 8.61. The monoisotopic (exact) mass is 731 g/mol. The Hall–Kier alpha value is -3.92. The second kappa shape index (κ2) is 17.9. The highest BCUT2D eigenvalue weighted by Crippen LogP contribution is 2.58. The number of fused-ring (bicyclic) bond motifs is 3. The summed E-state index contributed by atoms with van der Waals surface area (Å²) >= 11 is 0. The van der Waals surface area contributed by atoms with E-state index in [1.165, 1.54) is 43.9 Å². The van der Waals surface area contributed by atoms with Crippen LogP contribution in [-0.2, 0) is 19.7 Å². The van der Waals surface area contributed by atoms with Crippen LogP contribution in [0.5, 0.6) is 5.75 Å². The summed E-state index contributed by atoms with van der Waals surface area (Å²) in [5.74, 6) is 2.04. The third-order valence-electron chi connectivity index (χ3n) is 12.0. The lowest BCUT2D eigenvalue weighted by Crippen LogP contribution is -2.51. The van der Waals surface area contributed by atoms with Crippen molar-refractivity contribution in [3.05, 3.63) is 59.4 Å². The molecule has 5 aliphatic rings. The molecule has 5 fully saturated rings. The maximum atomic E-state index is 14.2. The average Bonchev–Trinajstić information content (AvgIpc) is 3.18. The van der Waals surface area contributed by atoms with Crippen LogP contribution in [0, 0.1) is 18.3 Å². The minimum absolute atomic E-state index is 0. The standard InChI is InChI=1S/C36H50N4O2.C7H13NO3.H2/c1-26-21-30(11-12-31(26)42-5)36-17-14-35(15-18-36,16-19-36)25-40(33(41)27-9-7-6-8-10-27)32-22-28(13-20-38-32)29(23-37)24-39-34(2,3)4;1-10-7(9)8-6-2-4-11-5-3-6;/h11-13,20-24,27H,6-10,14-19,25,37H2,1-5H3;6H,2-5H2,1H3,(H,8,9);1H/b29-23+,39-24?;;. The number of ether oxygens (including phenoxy) is 3. The summed E-state index contributed by atoms with van der Waals surface area (Å²) in [6.07, 6.45) is 19.0. The molecule has 1 aromatic heterocycles. The van der Waals surface area contributed by atoms with Gasteiger partial charge in [-0.15, -0.1) is 0 Å². The van der Waals surface area contributed by atoms with E-state index in [4.69, 9.17) is 20.2 Å². The first-order valence-electron chi connectivity index (χ1n) is 19.7. The van der Waals surface area contributed by atoms with E-state index in [1.54, 1.807) is 13.3 Å². The molecule has 0 unspecified atom stereocenters. The molecule has 2 heterocycles. The number of carbonyl (C=O) groups excluding carboxylic acids is 2. The van der Waals surface area contributed by atoms with Crippen molar-refractivity contribution in [3.63, 3.8) is 0 Å². The van der Waals surface area contributed by atoms with Crippen molar-refractivity contribution in [2.45, 2.75) is 128 Å². The second-order valence-electron chi connectivity index (χ2n) is 16.7. The van der Waals surface area contributed by atoms with Gasteiger partial charge in [-0.05, 0) is 138 Å². The number of carbonyl (C=O) groups is 2. The highest BCUT2D eigenvalue weighted by molar-refractivity contribution is 6.10. The molecule has 0 spiro atoms. The van der Waals surface area contributed by atoms with Gasteiger partial charge >= 0.3 is 6.09 Å². The zero-order valence-corrected chi connectivity index (χ0v) is 33.0. The van der Waals surface area contributed by atoms with E-state index in [1.807, 2.05) is 24.5 Å². The number of aryl methyl sites for hydroxylation is 1. The third-order valence-corrected chi connectivity index (χ3v) is 12.0. The molecule has 292 valence electrons. The summed E-state index contributed by atoms with van der Waals surface area (Å²) in [7, 11) is 3.11. The van der Waals surface area contributed by atoms with Crippen LogP contribution in [0.25, 0.3) is 5.57 Å². The number of aliphatic imine (C=N–C) groups is 1. The predicted molar refractivity (Wildman–Crippen MR) is 215 cm³/mol. The molecule has 0 radical (unpaired) electrons. The first-order chi connectivity index (χ1) is 25.4. The molecule has 7 rings (SSSR count). The molecule has 1 aliphatic heterocycles. The van der Waals surface area contributed by atoms with Crippen LogP contribution in [0.1, 0.15) is 122 Å². The van der Waals surface area contributed by atoms with Gasteiger partial charge in [0.15, 0.2) is 0 Å². The average molecular weight is 732 g/mol. The Kier molecular flexibility index (Phi) is 13.6. The van der Waals surface area contributed by atoms with Gasteiger partial charge in [-0.1, -0.05) is 31.4 Å². The summed E-state index contributed by atoms with van der Waals surface area (Å²) in [6, 6.07) is 11.0. The van der Waals surface area contributed by atoms with Crippen molar-refractivity contribution in [2.24, 2.45) is 22.1 Å². The van der Waals surface area contributed by atoms with E-state index < -0.39 is 0 Å². The lowest BCUT2D eigenvalue weighted by molar-refractivity contribution is -0.124. The number of anilines is 1. The van der Waals surface area contributed by atoms with Gasteiger partial charge in [-0.25, -0.2) is 9.78 Å². The highest BCUT2D eigenvalue weighted by atomic mass is 16.5. The number of nitrogens with zero attached hydrogens (tertiary/aromatic N) is 3. The molecular weight excluding hydrogens is 667 g/mol. The van der Waals surface area contributed by atoms with E-state index >= 15 is 0 Å². The number of nitrogens with one attached hydrogen (secondary N) is 1. The normalized spacial score (nSPS) is 23.9. The van der Waals surface area contributed by atoms with Crippen LogP contribution in [-0.4, -0.2) is 68.8 Å². The molecule has 1 saturated heterocycles. The second-order valence-corrected chi connectivity index (χ2v) is 16.7. The Balaban J connectivity index is 0.000000466. The summed E-state index contributed by atoms with van der Waals surface area (Å²) in [4.78, 5) is 36.5. The Bertz CT molecular complexity index is 1580. The van der Waals surface area contributed by atoms with Crippen molar-refractivity contribution in [2.75, 3.05) is 38.9 Å². The highest BCUT2D eigenvalue weighted by Gasteiger charge is 2.50. The quantitative estimate of drug-likeness (QED) is 0.248. The van der Waals surface area contributed by atoms with Crippen molar-refractivity contribution in [1.29, 1.82) is 0 Å². The topological polar surface area (TPSA) is 128 Å². The van der Waals surface area contributed by atoms with Gasteiger partial charge in [0.05, 0.1) is 19.8 Å². The number of benzene rings is 1. The lowest BCUT2D eigenvalue weighted by Gasteiger charge is -2.55. The van der Waals surface area contributed by atoms with E-state index in [9.17, 15) is 9.59 Å². The summed E-state index contributed by atoms with van der Waals surface area (Å²) in [6.45, 7) is 10.6. The zero-order valence-electron chi connectivity index (χ0n) is 33.0. The summed E-state index contributed by atoms with van der Waals surface area (Å²) in [5, 5.41) is 2.73. The van der Waals surface area contributed by atoms with Crippen LogP contribution in [0.4, 0.5) is 10.6 Å². The first-order valence-corrected chi connectivity index (χ1v) is 19.7. The van der Waals surface area contributed by atoms with E-state index in [2.05, 4.69) is 65.8 Å². The number of nitrogens with two attached hydrogens (primary N) is 1. The van der Waals surface area contributed by atoms with E-state index in [0.717, 1.165) is 100 Å². The molecule has 10 heteroatoms. The maximum Gasteiger partial charge on any atom is 0.407 e. The van der Waals surface area contributed by atoms with Crippen molar-refractivity contribution < 1.29 is 25.2 Å². The number of allylic oxidation sites excluding steroid dienone is 1. The fraction of sp³-hybridized carbons (Fsp3) is 0.628. The SMILES string of the molecule is COC(=O)NC1CCOCC1.COc1ccc(C23CCC(CN(C(=O)C4CCCCC4)c4cc(/C(C=NC(C)(C)C)=C/N)ccn4)(CC2)CC3)cc1C.[HH]. The van der Waals surface area contributed by atoms with Crippen molar-refractivity contribution >= 4 is 29.6 Å². The number of hydrogen-bond donors (Lipinski definition) is 2. The fourth-order valence-corrected chi connectivity index (χ4v) is 8.61. The van der Waals surface area contributed by atoms with Gasteiger partial charge < -0.3 is 25.3 Å². The number of amides is 2. The van der Waals surface area contributed by atoms with Gasteiger partial charge in [0.2, 0.25) is 5.91 Å². The molecule has 1 aromatic carbocycles. The Morgan fingerprint density at radius 2 is 1.70 bits per heavy atom. The molecule has 4 aliphatic carbocycles. The zero-order chi connectivity index (χ0) is 38.1. The van der Waals surface area contributed by atoms with Gasteiger partial charge in [0.1, 0.15) is 11.6 Å². The van der Waals surface area contributed by atoms with Crippen molar-refractivity contribution in [3.8, 4) is 5.75 Å². The van der Waals surface area contributed by atoms with Crippen LogP contribution in [0.2, 0.25) is 0 Å². The Morgan fingerprint density at radius 1 is 1.02 bits per heavy atom. The number of rotatable bonds is 9. The van der Waals surface area contributed by atoms with Crippen LogP contribution in [0.3, 0.4) is 0 Å². The largest absolute Gasteiger partial charge is 0.496 e. The molecular formula is C43H65N5O5. The number of aromatic nitrogens is 1. The maximum absolute atomic E-state index is 14.2. The molecule has 3 N–H and O–H groups in total. The molecule has 2 amide bonds. The number of methoxy groups -OCH3 is 2. The van der Waals surface area contributed by atoms with Gasteiger partial charge in [-0.3, -0.25) is 14.7 Å². The minimum atomic E-state index is -0.350. The molecule has 2 bridgehead atoms. The Labute approximate surface area is 318 Å². The number of alkyl carbamates (subject to hydrolysis) is 1. The molecule has 2 aromatic rings. The van der Waals surface area contributed by atoms with Crippen LogP contribution in [0.15, 0.2) is 47.7 Å². The van der Waals surface area contributed by atoms with Gasteiger partial charge in [0, 0.05) is 57.3 Å². The van der Waals surface area contributed by atoms with E-state index in [-0.39, 0.29) is 41.8 Å². The molecule has 4 saturated carbocycles. The molecule has 10 nitrogen and oxygen atoms in total. The van der Waals surface area contributed by atoms with E-state index in [0.29, 0.717) is 0 Å². The van der Waals surface area contributed by atoms with Gasteiger partial charge in [0.25, 0.3) is 0 Å².